The van der Waals surface area contributed by atoms with E-state index in [4.69, 9.17) is 9.26 Å². The molecule has 148 valence electrons. The van der Waals surface area contributed by atoms with Crippen LogP contribution < -0.4 is 4.74 Å². The van der Waals surface area contributed by atoms with Crippen molar-refractivity contribution >= 4 is 10.0 Å². The summed E-state index contributed by atoms with van der Waals surface area (Å²) in [4.78, 5) is 4.38. The molecule has 0 radical (unpaired) electrons. The van der Waals surface area contributed by atoms with Crippen LogP contribution in [0.3, 0.4) is 0 Å². The van der Waals surface area contributed by atoms with Crippen molar-refractivity contribution in [1.29, 1.82) is 0 Å². The van der Waals surface area contributed by atoms with Crippen molar-refractivity contribution in [2.24, 2.45) is 0 Å². The van der Waals surface area contributed by atoms with Crippen molar-refractivity contribution < 1.29 is 22.1 Å². The van der Waals surface area contributed by atoms with Crippen molar-refractivity contribution in [2.75, 3.05) is 13.6 Å². The van der Waals surface area contributed by atoms with E-state index in [2.05, 4.69) is 10.1 Å². The average molecular weight is 405 g/mol. The quantitative estimate of drug-likeness (QED) is 0.573. The highest BCUT2D eigenvalue weighted by Crippen LogP contribution is 2.17. The van der Waals surface area contributed by atoms with Gasteiger partial charge in [0.25, 0.3) is 5.89 Å². The Morgan fingerprint density at radius 1 is 1.14 bits per heavy atom. The number of likely N-dealkylation sites (N-methyl/N-ethyl adjacent to an activating group) is 1. The molecule has 3 aromatic rings. The zero-order chi connectivity index (χ0) is 20.1. The van der Waals surface area contributed by atoms with E-state index in [1.807, 2.05) is 6.92 Å². The van der Waals surface area contributed by atoms with Gasteiger partial charge in [-0.15, -0.1) is 0 Å². The summed E-state index contributed by atoms with van der Waals surface area (Å²) in [6, 6.07) is 12.7. The molecule has 2 aromatic carbocycles. The first-order valence-electron chi connectivity index (χ1n) is 8.58. The lowest BCUT2D eigenvalue weighted by Gasteiger charge is -2.16. The van der Waals surface area contributed by atoms with Crippen LogP contribution >= 0.6 is 0 Å². The van der Waals surface area contributed by atoms with Crippen molar-refractivity contribution in [3.63, 3.8) is 0 Å². The van der Waals surface area contributed by atoms with E-state index in [1.54, 1.807) is 36.4 Å². The molecule has 1 heterocycles. The Morgan fingerprint density at radius 2 is 1.86 bits per heavy atom. The number of aromatic nitrogens is 2. The monoisotopic (exact) mass is 405 g/mol. The van der Waals surface area contributed by atoms with E-state index in [-0.39, 0.29) is 36.1 Å². The van der Waals surface area contributed by atoms with Gasteiger partial charge >= 0.3 is 0 Å². The maximum Gasteiger partial charge on any atom is 0.264 e. The number of aryl methyl sites for hydroxylation is 1. The number of hydrogen-bond acceptors (Lipinski definition) is 6. The molecular formula is C19H20FN3O4S. The molecule has 0 aliphatic rings. The van der Waals surface area contributed by atoms with Crippen LogP contribution in [0.5, 0.6) is 5.75 Å². The topological polar surface area (TPSA) is 85.5 Å². The van der Waals surface area contributed by atoms with Gasteiger partial charge in [0, 0.05) is 20.0 Å². The molecular weight excluding hydrogens is 385 g/mol. The summed E-state index contributed by atoms with van der Waals surface area (Å²) in [6.07, 6.45) is 0.269. The van der Waals surface area contributed by atoms with E-state index in [1.165, 1.54) is 23.5 Å². The number of rotatable bonds is 8. The molecule has 3 rings (SSSR count). The number of halogens is 1. The van der Waals surface area contributed by atoms with Gasteiger partial charge in [-0.3, -0.25) is 0 Å². The van der Waals surface area contributed by atoms with Gasteiger partial charge in [-0.05, 0) is 31.2 Å². The summed E-state index contributed by atoms with van der Waals surface area (Å²) in [5, 5.41) is 3.81. The SMILES string of the molecule is Cc1ccc(S(=O)(=O)N(C)CCc2noc(COc3ccccc3F)n2)cc1. The largest absolute Gasteiger partial charge is 0.481 e. The van der Waals surface area contributed by atoms with Crippen LogP contribution in [0.2, 0.25) is 0 Å². The molecule has 0 atom stereocenters. The fourth-order valence-corrected chi connectivity index (χ4v) is 3.59. The molecule has 0 unspecified atom stereocenters. The lowest BCUT2D eigenvalue weighted by atomic mass is 10.2. The molecule has 28 heavy (non-hydrogen) atoms. The lowest BCUT2D eigenvalue weighted by Crippen LogP contribution is -2.29. The normalized spacial score (nSPS) is 11.7. The Balaban J connectivity index is 1.56. The van der Waals surface area contributed by atoms with Gasteiger partial charge in [0.1, 0.15) is 0 Å². The molecule has 7 nitrogen and oxygen atoms in total. The summed E-state index contributed by atoms with van der Waals surface area (Å²) < 4.78 is 50.3. The molecule has 0 spiro atoms. The minimum absolute atomic E-state index is 0.0779. The van der Waals surface area contributed by atoms with Crippen LogP contribution in [0.4, 0.5) is 4.39 Å². The fourth-order valence-electron chi connectivity index (χ4n) is 2.42. The summed E-state index contributed by atoms with van der Waals surface area (Å²) in [5.74, 6) is 0.136. The Labute approximate surface area is 162 Å². The minimum atomic E-state index is -3.59. The van der Waals surface area contributed by atoms with Crippen molar-refractivity contribution in [1.82, 2.24) is 14.4 Å². The molecule has 9 heteroatoms. The number of nitrogens with zero attached hydrogens (tertiary/aromatic N) is 3. The third-order valence-corrected chi connectivity index (χ3v) is 5.95. The highest BCUT2D eigenvalue weighted by atomic mass is 32.2. The van der Waals surface area contributed by atoms with E-state index >= 15 is 0 Å². The highest BCUT2D eigenvalue weighted by Gasteiger charge is 2.21. The molecule has 0 fully saturated rings. The summed E-state index contributed by atoms with van der Waals surface area (Å²) in [6.45, 7) is 2.00. The van der Waals surface area contributed by atoms with Crippen LogP contribution in [0, 0.1) is 12.7 Å². The van der Waals surface area contributed by atoms with Crippen LogP contribution in [-0.2, 0) is 23.1 Å². The van der Waals surface area contributed by atoms with E-state index in [0.717, 1.165) is 5.56 Å². The summed E-state index contributed by atoms with van der Waals surface area (Å²) in [7, 11) is -2.09. The second kappa shape index (κ2) is 8.49. The molecule has 0 aliphatic carbocycles. The van der Waals surface area contributed by atoms with Gasteiger partial charge in [0.15, 0.2) is 24.0 Å². The molecule has 0 saturated carbocycles. The number of para-hydroxylation sites is 1. The van der Waals surface area contributed by atoms with Gasteiger partial charge in [0.2, 0.25) is 10.0 Å². The summed E-state index contributed by atoms with van der Waals surface area (Å²) in [5.41, 5.74) is 0.985. The van der Waals surface area contributed by atoms with E-state index in [0.29, 0.717) is 5.82 Å². The van der Waals surface area contributed by atoms with Gasteiger partial charge in [0.05, 0.1) is 4.90 Å². The highest BCUT2D eigenvalue weighted by molar-refractivity contribution is 7.89. The standard InChI is InChI=1S/C19H20FN3O4S/c1-14-7-9-15(10-8-14)28(24,25)23(2)12-11-18-21-19(27-22-18)13-26-17-6-4-3-5-16(17)20/h3-10H,11-13H2,1-2H3. The Hall–Kier alpha value is -2.78. The third kappa shape index (κ3) is 4.73. The fraction of sp³-hybridized carbons (Fsp3) is 0.263. The van der Waals surface area contributed by atoms with Crippen molar-refractivity contribution in [3.8, 4) is 5.75 Å². The number of hydrogen-bond donors (Lipinski definition) is 0. The second-order valence-electron chi connectivity index (χ2n) is 6.21. The smallest absolute Gasteiger partial charge is 0.264 e. The zero-order valence-electron chi connectivity index (χ0n) is 15.5. The first-order valence-corrected chi connectivity index (χ1v) is 10.0. The Bertz CT molecular complexity index is 1040. The van der Waals surface area contributed by atoms with E-state index < -0.39 is 15.8 Å². The second-order valence-corrected chi connectivity index (χ2v) is 8.26. The van der Waals surface area contributed by atoms with Crippen LogP contribution in [0.25, 0.3) is 0 Å². The molecule has 0 saturated heterocycles. The Kier molecular flexibility index (Phi) is 6.05. The number of benzene rings is 2. The molecule has 0 N–H and O–H groups in total. The maximum atomic E-state index is 13.5. The number of sulfonamides is 1. The zero-order valence-corrected chi connectivity index (χ0v) is 16.3. The first kappa shape index (κ1) is 20.0. The molecule has 0 amide bonds. The van der Waals surface area contributed by atoms with Crippen LogP contribution in [0.1, 0.15) is 17.3 Å². The Morgan fingerprint density at radius 3 is 2.57 bits per heavy atom. The van der Waals surface area contributed by atoms with Gasteiger partial charge in [-0.1, -0.05) is 35.0 Å². The van der Waals surface area contributed by atoms with Crippen LogP contribution in [-0.4, -0.2) is 36.5 Å². The average Bonchev–Trinajstić information content (AvgIpc) is 3.13. The van der Waals surface area contributed by atoms with Crippen molar-refractivity contribution in [3.05, 3.63) is 71.6 Å². The van der Waals surface area contributed by atoms with Gasteiger partial charge < -0.3 is 9.26 Å². The van der Waals surface area contributed by atoms with E-state index in [9.17, 15) is 12.8 Å². The third-order valence-electron chi connectivity index (χ3n) is 4.08. The summed E-state index contributed by atoms with van der Waals surface area (Å²) >= 11 is 0. The molecule has 0 aliphatic heterocycles. The minimum Gasteiger partial charge on any atom is -0.481 e. The predicted molar refractivity (Wildman–Crippen MR) is 99.7 cm³/mol. The maximum absolute atomic E-state index is 13.5. The molecule has 0 bridgehead atoms. The van der Waals surface area contributed by atoms with Crippen molar-refractivity contribution in [2.45, 2.75) is 24.8 Å². The van der Waals surface area contributed by atoms with Gasteiger partial charge in [-0.2, -0.15) is 4.98 Å². The predicted octanol–water partition coefficient (Wildman–Crippen LogP) is 2.96. The first-order chi connectivity index (χ1) is 13.4. The van der Waals surface area contributed by atoms with Gasteiger partial charge in [-0.25, -0.2) is 17.1 Å². The van der Waals surface area contributed by atoms with Crippen LogP contribution in [0.15, 0.2) is 57.9 Å². The molecule has 1 aromatic heterocycles. The lowest BCUT2D eigenvalue weighted by molar-refractivity contribution is 0.234. The number of ether oxygens (including phenoxy) is 1.